The first-order chi connectivity index (χ1) is 6.05. The van der Waals surface area contributed by atoms with Crippen molar-refractivity contribution >= 4 is 10.0 Å². The molecule has 1 rings (SSSR count). The van der Waals surface area contributed by atoms with Crippen molar-refractivity contribution in [1.82, 2.24) is 14.3 Å². The lowest BCUT2D eigenvalue weighted by Gasteiger charge is -2.04. The molecule has 0 aliphatic carbocycles. The van der Waals surface area contributed by atoms with Crippen molar-refractivity contribution in [2.24, 2.45) is 0 Å². The van der Waals surface area contributed by atoms with E-state index < -0.39 is 10.0 Å². The van der Waals surface area contributed by atoms with Crippen LogP contribution in [-0.2, 0) is 16.4 Å². The largest absolute Gasteiger partial charge is 0.319 e. The van der Waals surface area contributed by atoms with Gasteiger partial charge in [-0.1, -0.05) is 0 Å². The Hall–Kier alpha value is -0.880. The molecule has 13 heavy (non-hydrogen) atoms. The highest BCUT2D eigenvalue weighted by Crippen LogP contribution is 2.02. The van der Waals surface area contributed by atoms with E-state index >= 15 is 0 Å². The first-order valence-corrected chi connectivity index (χ1v) is 5.77. The lowest BCUT2D eigenvalue weighted by Crippen LogP contribution is -2.16. The van der Waals surface area contributed by atoms with Crippen molar-refractivity contribution in [3.63, 3.8) is 0 Å². The maximum atomic E-state index is 11.2. The van der Waals surface area contributed by atoms with E-state index in [-0.39, 0.29) is 0 Å². The predicted molar refractivity (Wildman–Crippen MR) is 50.1 cm³/mol. The Morgan fingerprint density at radius 1 is 1.62 bits per heavy atom. The van der Waals surface area contributed by atoms with E-state index in [9.17, 15) is 8.42 Å². The average Bonchev–Trinajstić information content (AvgIpc) is 2.47. The molecule has 0 spiro atoms. The van der Waals surface area contributed by atoms with Crippen LogP contribution in [0.5, 0.6) is 0 Å². The Morgan fingerprint density at radius 2 is 2.31 bits per heavy atom. The molecule has 0 aliphatic heterocycles. The molecule has 0 fully saturated rings. The van der Waals surface area contributed by atoms with Gasteiger partial charge in [-0.3, -0.25) is 0 Å². The Labute approximate surface area is 77.8 Å². The average molecular weight is 203 g/mol. The summed E-state index contributed by atoms with van der Waals surface area (Å²) in [6.45, 7) is 0.737. The van der Waals surface area contributed by atoms with Crippen molar-refractivity contribution in [2.45, 2.75) is 6.42 Å². The van der Waals surface area contributed by atoms with Crippen molar-refractivity contribution in [1.29, 1.82) is 0 Å². The molecule has 0 atom stereocenters. The number of rotatable bonds is 4. The molecule has 1 aromatic heterocycles. The van der Waals surface area contributed by atoms with Crippen molar-refractivity contribution in [2.75, 3.05) is 19.8 Å². The Morgan fingerprint density at radius 3 is 2.85 bits per heavy atom. The van der Waals surface area contributed by atoms with Gasteiger partial charge in [-0.15, -0.1) is 0 Å². The fourth-order valence-electron chi connectivity index (χ4n) is 1.04. The molecule has 1 N–H and O–H groups in total. The van der Waals surface area contributed by atoms with Crippen LogP contribution < -0.4 is 5.32 Å². The third kappa shape index (κ3) is 2.53. The Balaban J connectivity index is 2.90. The molecule has 74 valence electrons. The van der Waals surface area contributed by atoms with Crippen LogP contribution in [0.1, 0.15) is 5.69 Å². The van der Waals surface area contributed by atoms with Crippen LogP contribution in [0.3, 0.4) is 0 Å². The van der Waals surface area contributed by atoms with Crippen LogP contribution in [0.25, 0.3) is 0 Å². The first-order valence-electron chi connectivity index (χ1n) is 3.92. The second kappa shape index (κ2) is 3.89. The molecular weight excluding hydrogens is 190 g/mol. The molecule has 0 saturated heterocycles. The smallest absolute Gasteiger partial charge is 0.237 e. The summed E-state index contributed by atoms with van der Waals surface area (Å²) in [5.74, 6) is 0. The number of nitrogens with zero attached hydrogens (tertiary/aromatic N) is 2. The monoisotopic (exact) mass is 203 g/mol. The second-order valence-corrected chi connectivity index (χ2v) is 4.66. The quantitative estimate of drug-likeness (QED) is 0.713. The second-order valence-electron chi connectivity index (χ2n) is 2.80. The van der Waals surface area contributed by atoms with E-state index in [1.165, 1.54) is 10.3 Å². The molecule has 0 amide bonds. The molecule has 5 nitrogen and oxygen atoms in total. The predicted octanol–water partition coefficient (Wildman–Crippen LogP) is -0.547. The molecular formula is C7H13N3O2S. The molecule has 0 saturated carbocycles. The minimum atomic E-state index is -3.19. The van der Waals surface area contributed by atoms with Gasteiger partial charge in [0.1, 0.15) is 6.33 Å². The number of imidazole rings is 1. The lowest BCUT2D eigenvalue weighted by atomic mass is 10.3. The number of nitrogens with one attached hydrogen (secondary N) is 1. The minimum absolute atomic E-state index is 0.656. The molecule has 1 heterocycles. The van der Waals surface area contributed by atoms with E-state index in [0.29, 0.717) is 12.1 Å². The van der Waals surface area contributed by atoms with Crippen LogP contribution >= 0.6 is 0 Å². The Bertz CT molecular complexity index is 369. The van der Waals surface area contributed by atoms with Crippen LogP contribution in [0.4, 0.5) is 0 Å². The summed E-state index contributed by atoms with van der Waals surface area (Å²) in [5, 5.41) is 2.95. The molecule has 0 bridgehead atoms. The van der Waals surface area contributed by atoms with E-state index in [2.05, 4.69) is 10.3 Å². The lowest BCUT2D eigenvalue weighted by molar-refractivity contribution is 0.590. The Kier molecular flexibility index (Phi) is 3.05. The van der Waals surface area contributed by atoms with Crippen molar-refractivity contribution in [3.05, 3.63) is 18.2 Å². The fourth-order valence-corrected chi connectivity index (χ4v) is 1.83. The summed E-state index contributed by atoms with van der Waals surface area (Å²) in [7, 11) is -1.37. The van der Waals surface area contributed by atoms with Gasteiger partial charge in [0.25, 0.3) is 0 Å². The zero-order valence-electron chi connectivity index (χ0n) is 7.69. The first kappa shape index (κ1) is 10.2. The number of likely N-dealkylation sites (N-methyl/N-ethyl adjacent to an activating group) is 1. The van der Waals surface area contributed by atoms with Crippen LogP contribution in [0.15, 0.2) is 12.5 Å². The summed E-state index contributed by atoms with van der Waals surface area (Å²) in [5.41, 5.74) is 0.705. The zero-order valence-corrected chi connectivity index (χ0v) is 8.50. The summed E-state index contributed by atoms with van der Waals surface area (Å²) in [4.78, 5) is 3.80. The normalized spacial score (nSPS) is 11.8. The van der Waals surface area contributed by atoms with E-state index in [1.807, 2.05) is 7.05 Å². The van der Waals surface area contributed by atoms with Gasteiger partial charge in [-0.2, -0.15) is 0 Å². The van der Waals surface area contributed by atoms with Gasteiger partial charge in [0.2, 0.25) is 10.0 Å². The van der Waals surface area contributed by atoms with Crippen LogP contribution in [0.2, 0.25) is 0 Å². The summed E-state index contributed by atoms with van der Waals surface area (Å²) in [6, 6.07) is 0. The summed E-state index contributed by atoms with van der Waals surface area (Å²) >= 11 is 0. The zero-order chi connectivity index (χ0) is 9.90. The van der Waals surface area contributed by atoms with Gasteiger partial charge < -0.3 is 5.32 Å². The standard InChI is InChI=1S/C7H13N3O2S/c1-8-4-3-7-5-9-6-10(7)13(2,11)12/h5-6,8H,3-4H2,1-2H3. The maximum absolute atomic E-state index is 11.2. The highest BCUT2D eigenvalue weighted by molar-refractivity contribution is 7.89. The summed E-state index contributed by atoms with van der Waals surface area (Å²) < 4.78 is 23.6. The number of aromatic nitrogens is 2. The number of hydrogen-bond donors (Lipinski definition) is 1. The van der Waals surface area contributed by atoms with Gasteiger partial charge in [-0.05, 0) is 7.05 Å². The van der Waals surface area contributed by atoms with E-state index in [1.54, 1.807) is 6.20 Å². The van der Waals surface area contributed by atoms with Gasteiger partial charge >= 0.3 is 0 Å². The van der Waals surface area contributed by atoms with Gasteiger partial charge in [0.15, 0.2) is 0 Å². The topological polar surface area (TPSA) is 64.0 Å². The highest BCUT2D eigenvalue weighted by Gasteiger charge is 2.09. The van der Waals surface area contributed by atoms with E-state index in [0.717, 1.165) is 12.8 Å². The van der Waals surface area contributed by atoms with Crippen molar-refractivity contribution < 1.29 is 8.42 Å². The third-order valence-corrected chi connectivity index (χ3v) is 2.71. The molecule has 0 aromatic carbocycles. The SMILES string of the molecule is CNCCc1cncn1S(C)(=O)=O. The third-order valence-electron chi connectivity index (χ3n) is 1.67. The van der Waals surface area contributed by atoms with Crippen molar-refractivity contribution in [3.8, 4) is 0 Å². The summed E-state index contributed by atoms with van der Waals surface area (Å²) in [6.07, 6.45) is 4.71. The molecule has 0 unspecified atom stereocenters. The van der Waals surface area contributed by atoms with Crippen LogP contribution in [-0.4, -0.2) is 37.2 Å². The van der Waals surface area contributed by atoms with Crippen LogP contribution in [0, 0.1) is 0 Å². The molecule has 6 heteroatoms. The molecule has 0 radical (unpaired) electrons. The molecule has 0 aliphatic rings. The maximum Gasteiger partial charge on any atom is 0.237 e. The van der Waals surface area contributed by atoms with Gasteiger partial charge in [-0.25, -0.2) is 17.4 Å². The van der Waals surface area contributed by atoms with Gasteiger partial charge in [0, 0.05) is 19.2 Å². The number of hydrogen-bond acceptors (Lipinski definition) is 4. The molecule has 1 aromatic rings. The fraction of sp³-hybridized carbons (Fsp3) is 0.571. The minimum Gasteiger partial charge on any atom is -0.319 e. The van der Waals surface area contributed by atoms with E-state index in [4.69, 9.17) is 0 Å². The highest BCUT2D eigenvalue weighted by atomic mass is 32.2. The van der Waals surface area contributed by atoms with Gasteiger partial charge in [0.05, 0.1) is 11.9 Å².